The van der Waals surface area contributed by atoms with Crippen molar-refractivity contribution in [2.75, 3.05) is 40.0 Å². The molecule has 0 radical (unpaired) electrons. The van der Waals surface area contributed by atoms with Crippen molar-refractivity contribution < 1.29 is 0 Å². The predicted molar refractivity (Wildman–Crippen MR) is 70.5 cm³/mol. The molecule has 0 fully saturated rings. The molecule has 0 bridgehead atoms. The molecule has 2 N–H and O–H groups in total. The van der Waals surface area contributed by atoms with Crippen LogP contribution in [0.2, 0.25) is 0 Å². The fourth-order valence-electron chi connectivity index (χ4n) is 1.58. The maximum absolute atomic E-state index is 5.68. The van der Waals surface area contributed by atoms with E-state index in [2.05, 4.69) is 50.0 Å². The van der Waals surface area contributed by atoms with Crippen molar-refractivity contribution in [1.29, 1.82) is 0 Å². The number of anilines is 1. The molecular weight excluding hydrogens is 198 g/mol. The lowest BCUT2D eigenvalue weighted by atomic mass is 10.1. The highest BCUT2D eigenvalue weighted by Gasteiger charge is 2.10. The van der Waals surface area contributed by atoms with Crippen LogP contribution in [0, 0.1) is 0 Å². The van der Waals surface area contributed by atoms with Gasteiger partial charge in [-0.2, -0.15) is 0 Å². The first-order chi connectivity index (χ1) is 7.50. The monoisotopic (exact) mass is 221 g/mol. The average Bonchev–Trinajstić information content (AvgIpc) is 2.26. The van der Waals surface area contributed by atoms with Crippen molar-refractivity contribution in [2.45, 2.75) is 13.0 Å². The number of hydrogen-bond donors (Lipinski definition) is 1. The minimum absolute atomic E-state index is 0.431. The minimum atomic E-state index is 0.431. The molecule has 1 aromatic carbocycles. The number of rotatable bonds is 5. The lowest BCUT2D eigenvalue weighted by molar-refractivity contribution is 0.231. The van der Waals surface area contributed by atoms with Gasteiger partial charge in [-0.3, -0.25) is 4.90 Å². The Bertz CT molecular complexity index is 305. The molecule has 1 atom stereocenters. The summed E-state index contributed by atoms with van der Waals surface area (Å²) in [7, 11) is 6.36. The summed E-state index contributed by atoms with van der Waals surface area (Å²) in [5.41, 5.74) is 7.82. The summed E-state index contributed by atoms with van der Waals surface area (Å²) >= 11 is 0. The SMILES string of the molecule is CC(c1ccc(N)cc1)N(C)CCN(C)C. The van der Waals surface area contributed by atoms with Crippen LogP contribution in [0.25, 0.3) is 0 Å². The van der Waals surface area contributed by atoms with Gasteiger partial charge in [0.1, 0.15) is 0 Å². The molecule has 1 aromatic rings. The average molecular weight is 221 g/mol. The van der Waals surface area contributed by atoms with Crippen LogP contribution in [0.5, 0.6) is 0 Å². The quantitative estimate of drug-likeness (QED) is 0.770. The zero-order valence-corrected chi connectivity index (χ0v) is 10.8. The number of nitrogens with zero attached hydrogens (tertiary/aromatic N) is 2. The summed E-state index contributed by atoms with van der Waals surface area (Å²) < 4.78 is 0. The topological polar surface area (TPSA) is 32.5 Å². The summed E-state index contributed by atoms with van der Waals surface area (Å²) in [4.78, 5) is 4.55. The smallest absolute Gasteiger partial charge is 0.0317 e. The highest BCUT2D eigenvalue weighted by molar-refractivity contribution is 5.39. The molecule has 0 saturated heterocycles. The Morgan fingerprint density at radius 2 is 1.62 bits per heavy atom. The Kier molecular flexibility index (Phi) is 4.77. The molecule has 0 aliphatic heterocycles. The molecule has 0 saturated carbocycles. The Morgan fingerprint density at radius 3 is 2.12 bits per heavy atom. The third kappa shape index (κ3) is 3.83. The third-order valence-corrected chi connectivity index (χ3v) is 2.98. The zero-order chi connectivity index (χ0) is 12.1. The largest absolute Gasteiger partial charge is 0.399 e. The summed E-state index contributed by atoms with van der Waals surface area (Å²) in [6.45, 7) is 4.37. The standard InChI is InChI=1S/C13H23N3/c1-11(16(4)10-9-15(2)3)12-5-7-13(14)8-6-12/h5-8,11H,9-10,14H2,1-4H3. The van der Waals surface area contributed by atoms with Crippen molar-refractivity contribution in [3.8, 4) is 0 Å². The first kappa shape index (κ1) is 13.0. The maximum atomic E-state index is 5.68. The Balaban J connectivity index is 2.56. The molecule has 0 spiro atoms. The fourth-order valence-corrected chi connectivity index (χ4v) is 1.58. The normalized spacial score (nSPS) is 13.4. The van der Waals surface area contributed by atoms with Crippen LogP contribution in [0.4, 0.5) is 5.69 Å². The van der Waals surface area contributed by atoms with Crippen molar-refractivity contribution in [3.05, 3.63) is 29.8 Å². The van der Waals surface area contributed by atoms with Gasteiger partial charge in [0.2, 0.25) is 0 Å². The predicted octanol–water partition coefficient (Wildman–Crippen LogP) is 1.82. The lowest BCUT2D eigenvalue weighted by Gasteiger charge is -2.26. The Labute approximate surface area is 98.8 Å². The van der Waals surface area contributed by atoms with Crippen molar-refractivity contribution in [1.82, 2.24) is 9.80 Å². The molecule has 0 aromatic heterocycles. The second-order valence-electron chi connectivity index (χ2n) is 4.63. The van der Waals surface area contributed by atoms with E-state index in [4.69, 9.17) is 5.73 Å². The number of benzene rings is 1. The highest BCUT2D eigenvalue weighted by Crippen LogP contribution is 2.19. The van der Waals surface area contributed by atoms with Gasteiger partial charge in [0.15, 0.2) is 0 Å². The van der Waals surface area contributed by atoms with Crippen molar-refractivity contribution in [2.24, 2.45) is 0 Å². The van der Waals surface area contributed by atoms with Crippen LogP contribution in [-0.4, -0.2) is 44.0 Å². The van der Waals surface area contributed by atoms with E-state index >= 15 is 0 Å². The van der Waals surface area contributed by atoms with E-state index < -0.39 is 0 Å². The van der Waals surface area contributed by atoms with Gasteiger partial charge in [-0.1, -0.05) is 12.1 Å². The van der Waals surface area contributed by atoms with Crippen LogP contribution in [0.3, 0.4) is 0 Å². The molecular formula is C13H23N3. The highest BCUT2D eigenvalue weighted by atomic mass is 15.2. The van der Waals surface area contributed by atoms with Crippen molar-refractivity contribution >= 4 is 5.69 Å². The number of nitrogen functional groups attached to an aromatic ring is 1. The van der Waals surface area contributed by atoms with Crippen LogP contribution >= 0.6 is 0 Å². The van der Waals surface area contributed by atoms with Gasteiger partial charge in [0, 0.05) is 24.8 Å². The van der Waals surface area contributed by atoms with E-state index in [-0.39, 0.29) is 0 Å². The zero-order valence-electron chi connectivity index (χ0n) is 10.8. The molecule has 3 nitrogen and oxygen atoms in total. The van der Waals surface area contributed by atoms with Gasteiger partial charge in [-0.25, -0.2) is 0 Å². The number of likely N-dealkylation sites (N-methyl/N-ethyl adjacent to an activating group) is 2. The molecule has 16 heavy (non-hydrogen) atoms. The van der Waals surface area contributed by atoms with Gasteiger partial charge < -0.3 is 10.6 Å². The van der Waals surface area contributed by atoms with Gasteiger partial charge in [-0.05, 0) is 45.8 Å². The van der Waals surface area contributed by atoms with Gasteiger partial charge in [0.05, 0.1) is 0 Å². The Morgan fingerprint density at radius 1 is 1.06 bits per heavy atom. The summed E-state index contributed by atoms with van der Waals surface area (Å²) in [6.07, 6.45) is 0. The van der Waals surface area contributed by atoms with E-state index in [0.29, 0.717) is 6.04 Å². The van der Waals surface area contributed by atoms with Gasteiger partial charge in [0.25, 0.3) is 0 Å². The Hall–Kier alpha value is -1.06. The number of nitrogens with two attached hydrogens (primary N) is 1. The molecule has 3 heteroatoms. The van der Waals surface area contributed by atoms with E-state index in [0.717, 1.165) is 18.8 Å². The van der Waals surface area contributed by atoms with E-state index in [9.17, 15) is 0 Å². The summed E-state index contributed by atoms with van der Waals surface area (Å²) in [6, 6.07) is 8.57. The summed E-state index contributed by atoms with van der Waals surface area (Å²) in [5.74, 6) is 0. The van der Waals surface area contributed by atoms with Gasteiger partial charge in [-0.15, -0.1) is 0 Å². The first-order valence-corrected chi connectivity index (χ1v) is 5.71. The van der Waals surface area contributed by atoms with Crippen LogP contribution in [0.1, 0.15) is 18.5 Å². The molecule has 0 amide bonds. The van der Waals surface area contributed by atoms with Crippen LogP contribution in [-0.2, 0) is 0 Å². The molecule has 0 aliphatic carbocycles. The minimum Gasteiger partial charge on any atom is -0.399 e. The first-order valence-electron chi connectivity index (χ1n) is 5.71. The molecule has 90 valence electrons. The lowest BCUT2D eigenvalue weighted by Crippen LogP contribution is -2.30. The molecule has 0 heterocycles. The fraction of sp³-hybridized carbons (Fsp3) is 0.538. The molecule has 0 aliphatic rings. The van der Waals surface area contributed by atoms with E-state index in [1.165, 1.54) is 5.56 Å². The van der Waals surface area contributed by atoms with Crippen LogP contribution in [0.15, 0.2) is 24.3 Å². The molecule has 1 rings (SSSR count). The molecule has 1 unspecified atom stereocenters. The van der Waals surface area contributed by atoms with E-state index in [1.807, 2.05) is 12.1 Å². The summed E-state index contributed by atoms with van der Waals surface area (Å²) in [5, 5.41) is 0. The third-order valence-electron chi connectivity index (χ3n) is 2.98. The number of hydrogen-bond acceptors (Lipinski definition) is 3. The van der Waals surface area contributed by atoms with Crippen LogP contribution < -0.4 is 5.73 Å². The second kappa shape index (κ2) is 5.87. The van der Waals surface area contributed by atoms with Gasteiger partial charge >= 0.3 is 0 Å². The van der Waals surface area contributed by atoms with E-state index in [1.54, 1.807) is 0 Å². The second-order valence-corrected chi connectivity index (χ2v) is 4.63. The maximum Gasteiger partial charge on any atom is 0.0317 e. The van der Waals surface area contributed by atoms with Crippen molar-refractivity contribution in [3.63, 3.8) is 0 Å².